The van der Waals surface area contributed by atoms with E-state index in [1.807, 2.05) is 28.6 Å². The number of amides is 2. The lowest BCUT2D eigenvalue weighted by Crippen LogP contribution is -2.44. The predicted octanol–water partition coefficient (Wildman–Crippen LogP) is 1.64. The van der Waals surface area contributed by atoms with Crippen molar-refractivity contribution < 1.29 is 4.79 Å². The first-order chi connectivity index (χ1) is 6.79. The number of nitrogens with zero attached hydrogens (tertiary/aromatic N) is 2. The molecule has 0 aromatic heterocycles. The summed E-state index contributed by atoms with van der Waals surface area (Å²) in [6.45, 7) is 1.92. The van der Waals surface area contributed by atoms with Crippen LogP contribution in [0.3, 0.4) is 0 Å². The number of carbonyl (C=O) groups is 1. The Morgan fingerprint density at radius 1 is 1.43 bits per heavy atom. The van der Waals surface area contributed by atoms with Gasteiger partial charge in [-0.05, 0) is 25.0 Å². The van der Waals surface area contributed by atoms with Crippen molar-refractivity contribution in [2.45, 2.75) is 25.3 Å². The van der Waals surface area contributed by atoms with Gasteiger partial charge < -0.3 is 9.80 Å². The lowest BCUT2D eigenvalue weighted by molar-refractivity contribution is 0.160. The molecule has 14 heavy (non-hydrogen) atoms. The van der Waals surface area contributed by atoms with Crippen LogP contribution < -0.4 is 0 Å². The third kappa shape index (κ3) is 2.00. The summed E-state index contributed by atoms with van der Waals surface area (Å²) < 4.78 is 0. The van der Waals surface area contributed by atoms with Gasteiger partial charge in [0.1, 0.15) is 0 Å². The Labute approximate surface area is 89.8 Å². The van der Waals surface area contributed by atoms with Gasteiger partial charge in [-0.3, -0.25) is 0 Å². The largest absolute Gasteiger partial charge is 0.325 e. The molecule has 4 heteroatoms. The Balaban J connectivity index is 1.89. The molecule has 2 heterocycles. The number of urea groups is 1. The van der Waals surface area contributed by atoms with Crippen LogP contribution in [0.25, 0.3) is 0 Å². The number of hydrogen-bond donors (Lipinski definition) is 0. The van der Waals surface area contributed by atoms with E-state index in [-0.39, 0.29) is 6.03 Å². The average molecular weight is 214 g/mol. The summed E-state index contributed by atoms with van der Waals surface area (Å²) >= 11 is 1.96. The summed E-state index contributed by atoms with van der Waals surface area (Å²) in [7, 11) is 1.96. The summed E-state index contributed by atoms with van der Waals surface area (Å²) in [5.41, 5.74) is 0. The van der Waals surface area contributed by atoms with Crippen molar-refractivity contribution in [1.29, 1.82) is 0 Å². The zero-order valence-electron chi connectivity index (χ0n) is 8.74. The van der Waals surface area contributed by atoms with Crippen LogP contribution in [-0.4, -0.2) is 53.5 Å². The zero-order valence-corrected chi connectivity index (χ0v) is 9.55. The maximum Gasteiger partial charge on any atom is 0.320 e. The van der Waals surface area contributed by atoms with Gasteiger partial charge in [-0.25, -0.2) is 4.79 Å². The van der Waals surface area contributed by atoms with Gasteiger partial charge in [0.05, 0.1) is 0 Å². The van der Waals surface area contributed by atoms with E-state index in [1.165, 1.54) is 25.0 Å². The van der Waals surface area contributed by atoms with Crippen molar-refractivity contribution in [1.82, 2.24) is 9.80 Å². The van der Waals surface area contributed by atoms with E-state index in [4.69, 9.17) is 0 Å². The molecule has 1 atom stereocenters. The highest BCUT2D eigenvalue weighted by molar-refractivity contribution is 7.99. The first kappa shape index (κ1) is 10.1. The Bertz CT molecular complexity index is 210. The minimum Gasteiger partial charge on any atom is -0.325 e. The second kappa shape index (κ2) is 4.43. The van der Waals surface area contributed by atoms with Gasteiger partial charge in [-0.15, -0.1) is 0 Å². The fourth-order valence-corrected chi connectivity index (χ4v) is 3.38. The van der Waals surface area contributed by atoms with Crippen molar-refractivity contribution >= 4 is 17.8 Å². The first-order valence-corrected chi connectivity index (χ1v) is 6.54. The maximum atomic E-state index is 12.0. The van der Waals surface area contributed by atoms with Gasteiger partial charge in [0, 0.05) is 31.9 Å². The third-order valence-corrected chi connectivity index (χ3v) is 4.28. The highest BCUT2D eigenvalue weighted by atomic mass is 32.2. The van der Waals surface area contributed by atoms with Gasteiger partial charge in [-0.1, -0.05) is 0 Å². The molecule has 2 aliphatic rings. The van der Waals surface area contributed by atoms with E-state index in [0.717, 1.165) is 18.8 Å². The molecule has 0 aromatic rings. The maximum absolute atomic E-state index is 12.0. The van der Waals surface area contributed by atoms with Crippen LogP contribution >= 0.6 is 11.8 Å². The minimum atomic E-state index is 0.245. The number of rotatable bonds is 1. The van der Waals surface area contributed by atoms with Gasteiger partial charge in [-0.2, -0.15) is 11.8 Å². The van der Waals surface area contributed by atoms with Crippen LogP contribution in [0.1, 0.15) is 19.3 Å². The van der Waals surface area contributed by atoms with E-state index in [2.05, 4.69) is 0 Å². The fourth-order valence-electron chi connectivity index (χ4n) is 2.12. The van der Waals surface area contributed by atoms with Crippen LogP contribution in [0.4, 0.5) is 4.79 Å². The number of hydrogen-bond acceptors (Lipinski definition) is 2. The van der Waals surface area contributed by atoms with E-state index in [0.29, 0.717) is 6.04 Å². The Morgan fingerprint density at radius 3 is 2.71 bits per heavy atom. The highest BCUT2D eigenvalue weighted by Crippen LogP contribution is 2.22. The molecule has 0 radical (unpaired) electrons. The van der Waals surface area contributed by atoms with E-state index in [9.17, 15) is 4.79 Å². The van der Waals surface area contributed by atoms with Crippen molar-refractivity contribution in [3.05, 3.63) is 0 Å². The molecule has 2 amide bonds. The standard InChI is InChI=1S/C10H18N2OS/c1-11(9-4-7-14-8-9)10(13)12-5-2-3-6-12/h9H,2-8H2,1H3. The monoisotopic (exact) mass is 214 g/mol. The summed E-state index contributed by atoms with van der Waals surface area (Å²) in [5, 5.41) is 0. The SMILES string of the molecule is CN(C(=O)N1CCCC1)C1CCSC1. The van der Waals surface area contributed by atoms with Crippen LogP contribution in [-0.2, 0) is 0 Å². The fraction of sp³-hybridized carbons (Fsp3) is 0.900. The molecule has 1 unspecified atom stereocenters. The number of thioether (sulfide) groups is 1. The smallest absolute Gasteiger partial charge is 0.320 e. The predicted molar refractivity (Wildman–Crippen MR) is 59.7 cm³/mol. The van der Waals surface area contributed by atoms with Gasteiger partial charge in [0.25, 0.3) is 0 Å². The lowest BCUT2D eigenvalue weighted by atomic mass is 10.2. The zero-order chi connectivity index (χ0) is 9.97. The Kier molecular flexibility index (Phi) is 3.21. The summed E-state index contributed by atoms with van der Waals surface area (Å²) in [6.07, 6.45) is 3.53. The summed E-state index contributed by atoms with van der Waals surface area (Å²) in [6, 6.07) is 0.725. The van der Waals surface area contributed by atoms with Gasteiger partial charge in [0.2, 0.25) is 0 Å². The van der Waals surface area contributed by atoms with Crippen LogP contribution in [0.5, 0.6) is 0 Å². The van der Waals surface area contributed by atoms with E-state index < -0.39 is 0 Å². The van der Waals surface area contributed by atoms with E-state index in [1.54, 1.807) is 0 Å². The van der Waals surface area contributed by atoms with Crippen LogP contribution in [0, 0.1) is 0 Å². The van der Waals surface area contributed by atoms with Crippen molar-refractivity contribution in [3.8, 4) is 0 Å². The molecule has 3 nitrogen and oxygen atoms in total. The molecule has 0 aromatic carbocycles. The molecular weight excluding hydrogens is 196 g/mol. The minimum absolute atomic E-state index is 0.245. The van der Waals surface area contributed by atoms with Gasteiger partial charge >= 0.3 is 6.03 Å². The molecular formula is C10H18N2OS. The van der Waals surface area contributed by atoms with Crippen molar-refractivity contribution in [3.63, 3.8) is 0 Å². The second-order valence-corrected chi connectivity index (χ2v) is 5.25. The lowest BCUT2D eigenvalue weighted by Gasteiger charge is -2.28. The van der Waals surface area contributed by atoms with Crippen molar-refractivity contribution in [2.24, 2.45) is 0 Å². The van der Waals surface area contributed by atoms with Crippen molar-refractivity contribution in [2.75, 3.05) is 31.6 Å². The van der Waals surface area contributed by atoms with Crippen LogP contribution in [0.2, 0.25) is 0 Å². The van der Waals surface area contributed by atoms with Gasteiger partial charge in [0.15, 0.2) is 0 Å². The molecule has 0 N–H and O–H groups in total. The molecule has 0 bridgehead atoms. The molecule has 2 saturated heterocycles. The normalized spacial score (nSPS) is 26.9. The topological polar surface area (TPSA) is 23.6 Å². The number of likely N-dealkylation sites (tertiary alicyclic amines) is 1. The molecule has 2 fully saturated rings. The third-order valence-electron chi connectivity index (χ3n) is 3.13. The molecule has 0 spiro atoms. The molecule has 0 saturated carbocycles. The molecule has 2 aliphatic heterocycles. The highest BCUT2D eigenvalue weighted by Gasteiger charge is 2.28. The average Bonchev–Trinajstić information content (AvgIpc) is 2.87. The molecule has 0 aliphatic carbocycles. The molecule has 2 rings (SSSR count). The Hall–Kier alpha value is -0.380. The molecule has 80 valence electrons. The second-order valence-electron chi connectivity index (χ2n) is 4.11. The Morgan fingerprint density at radius 2 is 2.14 bits per heavy atom. The quantitative estimate of drug-likeness (QED) is 0.662. The summed E-state index contributed by atoms with van der Waals surface area (Å²) in [5.74, 6) is 2.33. The first-order valence-electron chi connectivity index (χ1n) is 5.38. The van der Waals surface area contributed by atoms with Crippen LogP contribution in [0.15, 0.2) is 0 Å². The number of carbonyl (C=O) groups excluding carboxylic acids is 1. The van der Waals surface area contributed by atoms with E-state index >= 15 is 0 Å². The summed E-state index contributed by atoms with van der Waals surface area (Å²) in [4.78, 5) is 15.9.